The van der Waals surface area contributed by atoms with Crippen LogP contribution in [0.15, 0.2) is 36.4 Å². The van der Waals surface area contributed by atoms with Crippen molar-refractivity contribution >= 4 is 23.1 Å². The van der Waals surface area contributed by atoms with Gasteiger partial charge in [-0.05, 0) is 24.3 Å². The molecule has 0 radical (unpaired) electrons. The number of anilines is 1. The van der Waals surface area contributed by atoms with Gasteiger partial charge in [0.05, 0.1) is 49.9 Å². The third-order valence-electron chi connectivity index (χ3n) is 5.93. The Morgan fingerprint density at radius 1 is 1.10 bits per heavy atom. The van der Waals surface area contributed by atoms with Gasteiger partial charge in [0.25, 0.3) is 6.47 Å². The number of methoxy groups -OCH3 is 2. The minimum absolute atomic E-state index is 0.0312. The van der Waals surface area contributed by atoms with Crippen LogP contribution in [0.3, 0.4) is 0 Å². The van der Waals surface area contributed by atoms with E-state index in [1.54, 1.807) is 14.2 Å². The number of pyridine rings is 1. The maximum absolute atomic E-state index is 10.5. The SMILES string of the molecule is COc1cc2cc3c([n+](C)c2cc1OC)-c1ccc(N2CC(OC=O)C2)cc1OC3. The number of fused-ring (bicyclic) bond motifs is 4. The van der Waals surface area contributed by atoms with Gasteiger partial charge < -0.3 is 23.8 Å². The van der Waals surface area contributed by atoms with Crippen molar-refractivity contribution in [2.45, 2.75) is 12.7 Å². The van der Waals surface area contributed by atoms with E-state index in [0.717, 1.165) is 39.2 Å². The predicted octanol–water partition coefficient (Wildman–Crippen LogP) is 2.60. The number of hydrogen-bond acceptors (Lipinski definition) is 6. The first-order valence-electron chi connectivity index (χ1n) is 9.82. The largest absolute Gasteiger partial charge is 0.493 e. The number of hydrogen-bond donors (Lipinski definition) is 0. The van der Waals surface area contributed by atoms with Crippen molar-refractivity contribution in [2.75, 3.05) is 32.2 Å². The number of ether oxygens (including phenoxy) is 4. The van der Waals surface area contributed by atoms with Crippen LogP contribution in [0.1, 0.15) is 5.56 Å². The second-order valence-corrected chi connectivity index (χ2v) is 7.57. The molecule has 0 N–H and O–H groups in total. The molecule has 5 rings (SSSR count). The summed E-state index contributed by atoms with van der Waals surface area (Å²) in [5.74, 6) is 2.27. The Kier molecular flexibility index (Phi) is 4.38. The molecule has 0 atom stereocenters. The highest BCUT2D eigenvalue weighted by atomic mass is 16.5. The Morgan fingerprint density at radius 3 is 2.60 bits per heavy atom. The topological polar surface area (TPSA) is 61.1 Å². The summed E-state index contributed by atoms with van der Waals surface area (Å²) in [6, 6.07) is 12.4. The van der Waals surface area contributed by atoms with E-state index >= 15 is 0 Å². The van der Waals surface area contributed by atoms with Crippen molar-refractivity contribution in [3.63, 3.8) is 0 Å². The molecule has 0 bridgehead atoms. The van der Waals surface area contributed by atoms with Crippen LogP contribution >= 0.6 is 0 Å². The highest BCUT2D eigenvalue weighted by Gasteiger charge is 2.32. The highest BCUT2D eigenvalue weighted by Crippen LogP contribution is 2.41. The van der Waals surface area contributed by atoms with Gasteiger partial charge in [0.1, 0.15) is 25.5 Å². The standard InChI is InChI=1S/C23H23N2O5/c1-24-19-9-22(28-3)21(27-2)7-14(19)6-15-12-29-20-8-16(4-5-18(20)23(15)24)25-10-17(11-25)30-13-26/h4-9,13,17H,10-12H2,1-3H3/q+1. The molecule has 2 aliphatic rings. The van der Waals surface area contributed by atoms with Gasteiger partial charge in [-0.2, -0.15) is 4.57 Å². The van der Waals surface area contributed by atoms with Crippen LogP contribution < -0.4 is 23.7 Å². The van der Waals surface area contributed by atoms with Crippen molar-refractivity contribution < 1.29 is 28.3 Å². The fraction of sp³-hybridized carbons (Fsp3) is 0.304. The zero-order valence-electron chi connectivity index (χ0n) is 17.2. The number of rotatable bonds is 5. The van der Waals surface area contributed by atoms with Crippen molar-refractivity contribution in [1.82, 2.24) is 0 Å². The Hall–Kier alpha value is -3.48. The molecule has 3 aromatic rings. The van der Waals surface area contributed by atoms with E-state index in [1.807, 2.05) is 12.1 Å². The molecule has 2 aliphatic heterocycles. The van der Waals surface area contributed by atoms with Gasteiger partial charge in [-0.1, -0.05) is 0 Å². The van der Waals surface area contributed by atoms with E-state index in [4.69, 9.17) is 18.9 Å². The number of benzene rings is 2. The van der Waals surface area contributed by atoms with E-state index in [-0.39, 0.29) is 6.10 Å². The van der Waals surface area contributed by atoms with Crippen LogP contribution in [0.4, 0.5) is 5.69 Å². The number of aromatic nitrogens is 1. The average molecular weight is 407 g/mol. The molecule has 2 aromatic carbocycles. The molecule has 7 heteroatoms. The molecule has 0 saturated carbocycles. The summed E-state index contributed by atoms with van der Waals surface area (Å²) in [4.78, 5) is 12.7. The van der Waals surface area contributed by atoms with Crippen molar-refractivity contribution in [3.8, 4) is 28.5 Å². The monoisotopic (exact) mass is 407 g/mol. The number of nitrogens with zero attached hydrogens (tertiary/aromatic N) is 2. The summed E-state index contributed by atoms with van der Waals surface area (Å²) in [6.07, 6.45) is -0.0312. The van der Waals surface area contributed by atoms with Crippen LogP contribution in [-0.4, -0.2) is 39.9 Å². The molecule has 0 aliphatic carbocycles. The van der Waals surface area contributed by atoms with E-state index in [2.05, 4.69) is 40.8 Å². The summed E-state index contributed by atoms with van der Waals surface area (Å²) in [5.41, 5.74) is 5.44. The number of aryl methyl sites for hydroxylation is 1. The third-order valence-corrected chi connectivity index (χ3v) is 5.93. The van der Waals surface area contributed by atoms with Gasteiger partial charge in [-0.15, -0.1) is 0 Å². The maximum Gasteiger partial charge on any atom is 0.293 e. The lowest BCUT2D eigenvalue weighted by atomic mass is 9.98. The quantitative estimate of drug-likeness (QED) is 0.479. The molecule has 0 unspecified atom stereocenters. The third kappa shape index (κ3) is 2.81. The average Bonchev–Trinajstić information content (AvgIpc) is 2.74. The number of carbonyl (C=O) groups is 1. The van der Waals surface area contributed by atoms with Gasteiger partial charge in [0.2, 0.25) is 11.2 Å². The number of carbonyl (C=O) groups excluding carboxylic acids is 1. The molecule has 1 saturated heterocycles. The summed E-state index contributed by atoms with van der Waals surface area (Å²) in [5, 5.41) is 1.07. The first-order chi connectivity index (χ1) is 14.6. The maximum atomic E-state index is 10.5. The van der Waals surface area contributed by atoms with Crippen LogP contribution in [0, 0.1) is 0 Å². The van der Waals surface area contributed by atoms with Crippen LogP contribution in [0.2, 0.25) is 0 Å². The molecular formula is C23H23N2O5+. The van der Waals surface area contributed by atoms with Crippen LogP contribution in [-0.2, 0) is 23.2 Å². The molecule has 7 nitrogen and oxygen atoms in total. The normalized spacial score (nSPS) is 15.0. The van der Waals surface area contributed by atoms with Crippen molar-refractivity contribution in [3.05, 3.63) is 42.0 Å². The van der Waals surface area contributed by atoms with Gasteiger partial charge in [-0.3, -0.25) is 4.79 Å². The lowest BCUT2D eigenvalue weighted by Gasteiger charge is -2.39. The highest BCUT2D eigenvalue weighted by molar-refractivity contribution is 5.84. The second-order valence-electron chi connectivity index (χ2n) is 7.57. The molecule has 0 amide bonds. The predicted molar refractivity (Wildman–Crippen MR) is 111 cm³/mol. The lowest BCUT2D eigenvalue weighted by molar-refractivity contribution is -0.634. The Labute approximate surface area is 174 Å². The van der Waals surface area contributed by atoms with Crippen molar-refractivity contribution in [1.29, 1.82) is 0 Å². The minimum Gasteiger partial charge on any atom is -0.493 e. The summed E-state index contributed by atoms with van der Waals surface area (Å²) in [7, 11) is 5.35. The molecule has 1 aromatic heterocycles. The molecule has 154 valence electrons. The van der Waals surface area contributed by atoms with Gasteiger partial charge in [0, 0.05) is 11.8 Å². The van der Waals surface area contributed by atoms with E-state index in [1.165, 1.54) is 0 Å². The first kappa shape index (κ1) is 18.5. The van der Waals surface area contributed by atoms with Gasteiger partial charge in [0.15, 0.2) is 11.5 Å². The molecule has 1 fully saturated rings. The second kappa shape index (κ2) is 7.09. The zero-order valence-corrected chi connectivity index (χ0v) is 17.2. The minimum atomic E-state index is -0.0312. The molecule has 0 spiro atoms. The fourth-order valence-corrected chi connectivity index (χ4v) is 4.34. The van der Waals surface area contributed by atoms with E-state index in [0.29, 0.717) is 37.7 Å². The van der Waals surface area contributed by atoms with E-state index < -0.39 is 0 Å². The van der Waals surface area contributed by atoms with Crippen molar-refractivity contribution in [2.24, 2.45) is 7.05 Å². The van der Waals surface area contributed by atoms with Crippen LogP contribution in [0.25, 0.3) is 22.2 Å². The van der Waals surface area contributed by atoms with Gasteiger partial charge in [-0.25, -0.2) is 0 Å². The lowest BCUT2D eigenvalue weighted by Crippen LogP contribution is -2.52. The van der Waals surface area contributed by atoms with Crippen LogP contribution in [0.5, 0.6) is 17.2 Å². The summed E-state index contributed by atoms with van der Waals surface area (Å²) in [6.45, 7) is 2.42. The Morgan fingerprint density at radius 2 is 1.87 bits per heavy atom. The zero-order chi connectivity index (χ0) is 20.8. The molecule has 30 heavy (non-hydrogen) atoms. The fourth-order valence-electron chi connectivity index (χ4n) is 4.34. The summed E-state index contributed by atoms with van der Waals surface area (Å²) >= 11 is 0. The first-order valence-corrected chi connectivity index (χ1v) is 9.82. The Bertz CT molecular complexity index is 1150. The molecular weight excluding hydrogens is 384 g/mol. The smallest absolute Gasteiger partial charge is 0.293 e. The summed E-state index contributed by atoms with van der Waals surface area (Å²) < 4.78 is 24.3. The Balaban J connectivity index is 1.56. The molecule has 3 heterocycles. The van der Waals surface area contributed by atoms with E-state index in [9.17, 15) is 4.79 Å². The van der Waals surface area contributed by atoms with Gasteiger partial charge >= 0.3 is 0 Å².